The second-order valence-corrected chi connectivity index (χ2v) is 2.12. The molecule has 2 heteroatoms. The molecule has 0 radical (unpaired) electrons. The van der Waals surface area contributed by atoms with Crippen molar-refractivity contribution in [3.63, 3.8) is 0 Å². The molecular formula is C9H14O2. The minimum absolute atomic E-state index is 0.386. The number of carbonyl (C=O) groups excluding carboxylic acids is 1. The van der Waals surface area contributed by atoms with Crippen molar-refractivity contribution in [2.24, 2.45) is 0 Å². The van der Waals surface area contributed by atoms with Gasteiger partial charge in [-0.1, -0.05) is 18.2 Å². The Labute approximate surface area is 67.6 Å². The van der Waals surface area contributed by atoms with Crippen molar-refractivity contribution >= 4 is 6.47 Å². The Hall–Kier alpha value is -1.05. The molecule has 0 aliphatic carbocycles. The van der Waals surface area contributed by atoms with E-state index in [2.05, 4.69) is 11.3 Å². The van der Waals surface area contributed by atoms with E-state index in [0.29, 0.717) is 13.1 Å². The maximum Gasteiger partial charge on any atom is 0.293 e. The van der Waals surface area contributed by atoms with Crippen molar-refractivity contribution in [3.8, 4) is 0 Å². The standard InChI is InChI=1S/C9H14O2/c1-2-3-4-5-6-7-8-11-9-10/h2,6-7,9H,1,3-5,8H2/b7-6-. The predicted molar refractivity (Wildman–Crippen MR) is 45.2 cm³/mol. The third-order valence-electron chi connectivity index (χ3n) is 1.21. The molecule has 0 heterocycles. The summed E-state index contributed by atoms with van der Waals surface area (Å²) >= 11 is 0. The summed E-state index contributed by atoms with van der Waals surface area (Å²) in [5.41, 5.74) is 0. The molecule has 0 aliphatic heterocycles. The van der Waals surface area contributed by atoms with Gasteiger partial charge in [-0.15, -0.1) is 6.58 Å². The SMILES string of the molecule is C=CCCC/C=C\COC=O. The maximum absolute atomic E-state index is 9.67. The molecule has 11 heavy (non-hydrogen) atoms. The second kappa shape index (κ2) is 8.95. The third-order valence-corrected chi connectivity index (χ3v) is 1.21. The van der Waals surface area contributed by atoms with Crippen LogP contribution in [0, 0.1) is 0 Å². The van der Waals surface area contributed by atoms with Gasteiger partial charge in [0.25, 0.3) is 6.47 Å². The first-order valence-corrected chi connectivity index (χ1v) is 3.73. The van der Waals surface area contributed by atoms with Gasteiger partial charge in [-0.3, -0.25) is 4.79 Å². The van der Waals surface area contributed by atoms with Crippen molar-refractivity contribution in [2.75, 3.05) is 6.61 Å². The van der Waals surface area contributed by atoms with Gasteiger partial charge in [-0.05, 0) is 19.3 Å². The monoisotopic (exact) mass is 154 g/mol. The van der Waals surface area contributed by atoms with E-state index in [0.717, 1.165) is 19.3 Å². The van der Waals surface area contributed by atoms with Crippen LogP contribution in [0.1, 0.15) is 19.3 Å². The fourth-order valence-electron chi connectivity index (χ4n) is 0.661. The number of ether oxygens (including phenoxy) is 1. The Bertz CT molecular complexity index is 128. The Kier molecular flexibility index (Phi) is 8.10. The quantitative estimate of drug-likeness (QED) is 0.319. The molecular weight excluding hydrogens is 140 g/mol. The zero-order valence-electron chi connectivity index (χ0n) is 6.66. The molecule has 0 bridgehead atoms. The summed E-state index contributed by atoms with van der Waals surface area (Å²) in [7, 11) is 0. The number of hydrogen-bond acceptors (Lipinski definition) is 2. The zero-order valence-corrected chi connectivity index (χ0v) is 6.66. The van der Waals surface area contributed by atoms with Crippen LogP contribution in [0.2, 0.25) is 0 Å². The lowest BCUT2D eigenvalue weighted by atomic mass is 10.2. The van der Waals surface area contributed by atoms with E-state index >= 15 is 0 Å². The summed E-state index contributed by atoms with van der Waals surface area (Å²) in [5.74, 6) is 0. The fourth-order valence-corrected chi connectivity index (χ4v) is 0.661. The largest absolute Gasteiger partial charge is 0.464 e. The molecule has 0 aromatic carbocycles. The summed E-state index contributed by atoms with van der Waals surface area (Å²) < 4.78 is 4.45. The van der Waals surface area contributed by atoms with E-state index < -0.39 is 0 Å². The molecule has 0 atom stereocenters. The number of carbonyl (C=O) groups is 1. The highest BCUT2D eigenvalue weighted by Gasteiger charge is 1.79. The van der Waals surface area contributed by atoms with Crippen LogP contribution in [0.25, 0.3) is 0 Å². The number of unbranched alkanes of at least 4 members (excludes halogenated alkanes) is 2. The fraction of sp³-hybridized carbons (Fsp3) is 0.444. The molecule has 0 spiro atoms. The van der Waals surface area contributed by atoms with Crippen molar-refractivity contribution in [3.05, 3.63) is 24.8 Å². The number of rotatable bonds is 7. The van der Waals surface area contributed by atoms with Crippen LogP contribution >= 0.6 is 0 Å². The van der Waals surface area contributed by atoms with Crippen LogP contribution in [0.5, 0.6) is 0 Å². The zero-order chi connectivity index (χ0) is 8.36. The van der Waals surface area contributed by atoms with Crippen molar-refractivity contribution in [1.29, 1.82) is 0 Å². The lowest BCUT2D eigenvalue weighted by molar-refractivity contribution is -0.127. The van der Waals surface area contributed by atoms with Gasteiger partial charge in [-0.2, -0.15) is 0 Å². The minimum Gasteiger partial charge on any atom is -0.464 e. The third kappa shape index (κ3) is 8.95. The minimum atomic E-state index is 0.386. The molecule has 0 aromatic rings. The maximum atomic E-state index is 9.67. The van der Waals surface area contributed by atoms with Gasteiger partial charge in [0.1, 0.15) is 6.61 Å². The van der Waals surface area contributed by atoms with E-state index in [1.54, 1.807) is 0 Å². The lowest BCUT2D eigenvalue weighted by Crippen LogP contribution is -1.85. The van der Waals surface area contributed by atoms with Crippen LogP contribution in [0.15, 0.2) is 24.8 Å². The van der Waals surface area contributed by atoms with Gasteiger partial charge in [0.05, 0.1) is 0 Å². The average molecular weight is 154 g/mol. The Morgan fingerprint density at radius 2 is 2.09 bits per heavy atom. The summed E-state index contributed by atoms with van der Waals surface area (Å²) in [4.78, 5) is 9.67. The first-order valence-electron chi connectivity index (χ1n) is 3.73. The van der Waals surface area contributed by atoms with Crippen molar-refractivity contribution < 1.29 is 9.53 Å². The molecule has 62 valence electrons. The van der Waals surface area contributed by atoms with Crippen LogP contribution in [0.3, 0.4) is 0 Å². The number of hydrogen-bond donors (Lipinski definition) is 0. The van der Waals surface area contributed by atoms with Gasteiger partial charge in [-0.25, -0.2) is 0 Å². The average Bonchev–Trinajstić information content (AvgIpc) is 2.03. The summed E-state index contributed by atoms with van der Waals surface area (Å²) in [5, 5.41) is 0. The van der Waals surface area contributed by atoms with E-state index in [4.69, 9.17) is 0 Å². The Balaban J connectivity index is 3.02. The van der Waals surface area contributed by atoms with E-state index in [9.17, 15) is 4.79 Å². The summed E-state index contributed by atoms with van der Waals surface area (Å²) in [6.45, 7) is 4.45. The van der Waals surface area contributed by atoms with Gasteiger partial charge in [0, 0.05) is 0 Å². The molecule has 0 saturated heterocycles. The number of allylic oxidation sites excluding steroid dienone is 2. The van der Waals surface area contributed by atoms with Crippen LogP contribution in [-0.4, -0.2) is 13.1 Å². The van der Waals surface area contributed by atoms with Gasteiger partial charge in [0.2, 0.25) is 0 Å². The summed E-state index contributed by atoms with van der Waals surface area (Å²) in [6, 6.07) is 0. The molecule has 0 amide bonds. The Morgan fingerprint density at radius 1 is 1.27 bits per heavy atom. The predicted octanol–water partition coefficient (Wildman–Crippen LogP) is 2.07. The normalized spacial score (nSPS) is 9.82. The van der Waals surface area contributed by atoms with E-state index in [1.165, 1.54) is 0 Å². The lowest BCUT2D eigenvalue weighted by Gasteiger charge is -1.90. The first kappa shape index (κ1) is 9.95. The molecule has 0 rings (SSSR count). The Morgan fingerprint density at radius 3 is 2.73 bits per heavy atom. The van der Waals surface area contributed by atoms with Gasteiger partial charge in [0.15, 0.2) is 0 Å². The van der Waals surface area contributed by atoms with E-state index in [1.807, 2.05) is 18.2 Å². The highest BCUT2D eigenvalue weighted by atomic mass is 16.5. The van der Waals surface area contributed by atoms with Crippen molar-refractivity contribution in [2.45, 2.75) is 19.3 Å². The smallest absolute Gasteiger partial charge is 0.293 e. The molecule has 0 saturated carbocycles. The van der Waals surface area contributed by atoms with Gasteiger partial charge < -0.3 is 4.74 Å². The highest BCUT2D eigenvalue weighted by Crippen LogP contribution is 1.96. The second-order valence-electron chi connectivity index (χ2n) is 2.12. The van der Waals surface area contributed by atoms with Gasteiger partial charge >= 0.3 is 0 Å². The topological polar surface area (TPSA) is 26.3 Å². The molecule has 0 unspecified atom stereocenters. The molecule has 0 aromatic heterocycles. The van der Waals surface area contributed by atoms with E-state index in [-0.39, 0.29) is 0 Å². The first-order chi connectivity index (χ1) is 5.41. The highest BCUT2D eigenvalue weighted by molar-refractivity contribution is 5.37. The molecule has 0 aliphatic rings. The van der Waals surface area contributed by atoms with Crippen LogP contribution in [0.4, 0.5) is 0 Å². The van der Waals surface area contributed by atoms with Crippen molar-refractivity contribution in [1.82, 2.24) is 0 Å². The van der Waals surface area contributed by atoms with Crippen LogP contribution in [-0.2, 0) is 9.53 Å². The van der Waals surface area contributed by atoms with Crippen LogP contribution < -0.4 is 0 Å². The molecule has 0 fully saturated rings. The molecule has 0 N–H and O–H groups in total. The molecule has 2 nitrogen and oxygen atoms in total. The summed E-state index contributed by atoms with van der Waals surface area (Å²) in [6.07, 6.45) is 8.93.